The van der Waals surface area contributed by atoms with Crippen molar-refractivity contribution in [2.24, 2.45) is 7.05 Å². The van der Waals surface area contributed by atoms with Gasteiger partial charge in [-0.05, 0) is 24.3 Å². The van der Waals surface area contributed by atoms with E-state index in [9.17, 15) is 23.4 Å². The van der Waals surface area contributed by atoms with Crippen LogP contribution in [0.2, 0.25) is 0 Å². The van der Waals surface area contributed by atoms with Crippen LogP contribution in [0.15, 0.2) is 36.4 Å². The number of fused-ring (bicyclic) bond motifs is 1. The monoisotopic (exact) mass is 308 g/mol. The Hall–Kier alpha value is -2.70. The lowest BCUT2D eigenvalue weighted by Crippen LogP contribution is -2.07. The number of phenols is 2. The predicted octanol–water partition coefficient (Wildman–Crippen LogP) is 3.67. The van der Waals surface area contributed by atoms with E-state index < -0.39 is 11.7 Å². The van der Waals surface area contributed by atoms with Gasteiger partial charge in [0.05, 0.1) is 11.1 Å². The fourth-order valence-corrected chi connectivity index (χ4v) is 2.45. The van der Waals surface area contributed by atoms with Crippen molar-refractivity contribution in [3.05, 3.63) is 42.0 Å². The summed E-state index contributed by atoms with van der Waals surface area (Å²) in [5.74, 6) is -0.664. The molecule has 0 atom stereocenters. The third kappa shape index (κ3) is 2.14. The van der Waals surface area contributed by atoms with Crippen LogP contribution < -0.4 is 0 Å². The molecule has 1 heterocycles. The Morgan fingerprint density at radius 3 is 2.41 bits per heavy atom. The largest absolute Gasteiger partial charge is 0.504 e. The first-order valence-electron chi connectivity index (χ1n) is 6.34. The van der Waals surface area contributed by atoms with E-state index in [-0.39, 0.29) is 17.0 Å². The topological polar surface area (TPSA) is 58.3 Å². The molecular formula is C15H11F3N2O2. The highest BCUT2D eigenvalue weighted by atomic mass is 19.4. The van der Waals surface area contributed by atoms with E-state index in [1.54, 1.807) is 0 Å². The first-order chi connectivity index (χ1) is 10.3. The summed E-state index contributed by atoms with van der Waals surface area (Å²) < 4.78 is 40.5. The van der Waals surface area contributed by atoms with Gasteiger partial charge in [0.2, 0.25) is 0 Å². The first-order valence-corrected chi connectivity index (χ1v) is 6.34. The zero-order valence-electron chi connectivity index (χ0n) is 11.4. The van der Waals surface area contributed by atoms with Crippen molar-refractivity contribution in [2.75, 3.05) is 0 Å². The number of benzene rings is 2. The molecule has 0 saturated carbocycles. The molecule has 0 radical (unpaired) electrons. The summed E-state index contributed by atoms with van der Waals surface area (Å²) in [6, 6.07) is 7.86. The number of aryl methyl sites for hydroxylation is 1. The predicted molar refractivity (Wildman–Crippen MR) is 74.5 cm³/mol. The van der Waals surface area contributed by atoms with Crippen LogP contribution in [0.3, 0.4) is 0 Å². The number of alkyl halides is 3. The van der Waals surface area contributed by atoms with Gasteiger partial charge >= 0.3 is 6.18 Å². The Morgan fingerprint density at radius 2 is 1.77 bits per heavy atom. The van der Waals surface area contributed by atoms with Crippen LogP contribution in [0.1, 0.15) is 5.56 Å². The number of hydrogen-bond acceptors (Lipinski definition) is 3. The van der Waals surface area contributed by atoms with E-state index >= 15 is 0 Å². The molecule has 4 nitrogen and oxygen atoms in total. The van der Waals surface area contributed by atoms with E-state index in [0.717, 1.165) is 10.7 Å². The Kier molecular flexibility index (Phi) is 3.01. The minimum atomic E-state index is -4.48. The number of halogens is 3. The molecule has 0 aliphatic carbocycles. The summed E-state index contributed by atoms with van der Waals surface area (Å²) in [6.07, 6.45) is -4.48. The minimum Gasteiger partial charge on any atom is -0.504 e. The third-order valence-electron chi connectivity index (χ3n) is 3.42. The Morgan fingerprint density at radius 1 is 1.05 bits per heavy atom. The van der Waals surface area contributed by atoms with Gasteiger partial charge in [-0.3, -0.25) is 4.68 Å². The lowest BCUT2D eigenvalue weighted by atomic mass is 10.0. The van der Waals surface area contributed by atoms with Crippen molar-refractivity contribution >= 4 is 10.9 Å². The van der Waals surface area contributed by atoms with Gasteiger partial charge in [-0.2, -0.15) is 18.3 Å². The van der Waals surface area contributed by atoms with Crippen molar-refractivity contribution in [3.63, 3.8) is 0 Å². The van der Waals surface area contributed by atoms with Crippen molar-refractivity contribution in [2.45, 2.75) is 6.18 Å². The third-order valence-corrected chi connectivity index (χ3v) is 3.42. The van der Waals surface area contributed by atoms with Crippen LogP contribution in [-0.4, -0.2) is 20.0 Å². The average molecular weight is 308 g/mol. The van der Waals surface area contributed by atoms with Crippen LogP contribution in [0, 0.1) is 0 Å². The van der Waals surface area contributed by atoms with Gasteiger partial charge in [0.25, 0.3) is 0 Å². The minimum absolute atomic E-state index is 0.0300. The maximum atomic E-state index is 13.1. The number of para-hydroxylation sites is 1. The quantitative estimate of drug-likeness (QED) is 0.674. The zero-order chi connectivity index (χ0) is 16.1. The number of rotatable bonds is 1. The molecule has 114 valence electrons. The molecular weight excluding hydrogens is 297 g/mol. The second kappa shape index (κ2) is 4.66. The molecule has 0 saturated heterocycles. The summed E-state index contributed by atoms with van der Waals surface area (Å²) in [4.78, 5) is 0. The zero-order valence-corrected chi connectivity index (χ0v) is 11.4. The van der Waals surface area contributed by atoms with E-state index in [1.165, 1.54) is 37.4 Å². The number of aromatic hydroxyl groups is 2. The number of hydrogen-bond donors (Lipinski definition) is 2. The van der Waals surface area contributed by atoms with Crippen molar-refractivity contribution < 1.29 is 23.4 Å². The Balaban J connectivity index is 2.31. The number of phenolic OH excluding ortho intramolecular Hbond substituents is 2. The molecule has 1 aromatic heterocycles. The van der Waals surface area contributed by atoms with Crippen LogP contribution in [-0.2, 0) is 13.2 Å². The lowest BCUT2D eigenvalue weighted by Gasteiger charge is -2.08. The molecule has 0 amide bonds. The maximum Gasteiger partial charge on any atom is 0.418 e. The Bertz CT molecular complexity index is 869. The van der Waals surface area contributed by atoms with E-state index in [1.807, 2.05) is 0 Å². The van der Waals surface area contributed by atoms with Crippen molar-refractivity contribution in [3.8, 4) is 22.8 Å². The highest BCUT2D eigenvalue weighted by molar-refractivity contribution is 5.95. The van der Waals surface area contributed by atoms with Crippen molar-refractivity contribution in [1.82, 2.24) is 9.78 Å². The molecule has 22 heavy (non-hydrogen) atoms. The first kappa shape index (κ1) is 14.2. The van der Waals surface area contributed by atoms with Gasteiger partial charge in [0, 0.05) is 18.0 Å². The molecule has 2 N–H and O–H groups in total. The fourth-order valence-electron chi connectivity index (χ4n) is 2.45. The maximum absolute atomic E-state index is 13.1. The van der Waals surface area contributed by atoms with Crippen LogP contribution in [0.25, 0.3) is 22.2 Å². The van der Waals surface area contributed by atoms with Gasteiger partial charge in [-0.25, -0.2) is 0 Å². The van der Waals surface area contributed by atoms with Crippen LogP contribution in [0.5, 0.6) is 11.5 Å². The van der Waals surface area contributed by atoms with Crippen molar-refractivity contribution in [1.29, 1.82) is 0 Å². The molecule has 2 aromatic carbocycles. The Labute approximate surface area is 123 Å². The molecule has 0 aliphatic heterocycles. The van der Waals surface area contributed by atoms with E-state index in [0.29, 0.717) is 16.6 Å². The summed E-state index contributed by atoms with van der Waals surface area (Å²) in [5.41, 5.74) is -0.0778. The molecule has 7 heteroatoms. The molecule has 0 aliphatic rings. The molecule has 0 fully saturated rings. The van der Waals surface area contributed by atoms with Gasteiger partial charge in [-0.15, -0.1) is 0 Å². The van der Waals surface area contributed by atoms with Gasteiger partial charge in [0.15, 0.2) is 11.5 Å². The highest BCUT2D eigenvalue weighted by Crippen LogP contribution is 2.39. The molecule has 0 unspecified atom stereocenters. The summed E-state index contributed by atoms with van der Waals surface area (Å²) in [5, 5.41) is 23.3. The van der Waals surface area contributed by atoms with Gasteiger partial charge in [-0.1, -0.05) is 12.1 Å². The van der Waals surface area contributed by atoms with Crippen LogP contribution >= 0.6 is 0 Å². The smallest absolute Gasteiger partial charge is 0.418 e. The average Bonchev–Trinajstić information content (AvgIpc) is 2.78. The normalized spacial score (nSPS) is 12.0. The molecule has 3 rings (SSSR count). The lowest BCUT2D eigenvalue weighted by molar-refractivity contribution is -0.136. The molecule has 3 aromatic rings. The summed E-state index contributed by atoms with van der Waals surface area (Å²) >= 11 is 0. The van der Waals surface area contributed by atoms with E-state index in [2.05, 4.69) is 5.10 Å². The molecule has 0 spiro atoms. The fraction of sp³-hybridized carbons (Fsp3) is 0.133. The number of aromatic nitrogens is 2. The second-order valence-corrected chi connectivity index (χ2v) is 4.88. The summed E-state index contributed by atoms with van der Waals surface area (Å²) in [6.45, 7) is 0. The second-order valence-electron chi connectivity index (χ2n) is 4.88. The summed E-state index contributed by atoms with van der Waals surface area (Å²) in [7, 11) is 1.43. The van der Waals surface area contributed by atoms with E-state index in [4.69, 9.17) is 0 Å². The highest BCUT2D eigenvalue weighted by Gasteiger charge is 2.34. The standard InChI is InChI=1S/C15H11F3N2O2/c1-20-14-9(3-2-4-10(14)15(16,17)18)13(19-20)8-5-6-11(21)12(22)7-8/h2-7,21-22H,1H3. The molecule has 0 bridgehead atoms. The SMILES string of the molecule is Cn1nc(-c2ccc(O)c(O)c2)c2cccc(C(F)(F)F)c21. The van der Waals surface area contributed by atoms with Crippen LogP contribution in [0.4, 0.5) is 13.2 Å². The van der Waals surface area contributed by atoms with Gasteiger partial charge in [0.1, 0.15) is 5.69 Å². The number of nitrogens with zero attached hydrogens (tertiary/aromatic N) is 2. The van der Waals surface area contributed by atoms with Gasteiger partial charge < -0.3 is 10.2 Å².